The second-order valence-electron chi connectivity index (χ2n) is 7.15. The van der Waals surface area contributed by atoms with Gasteiger partial charge < -0.3 is 10.6 Å². The van der Waals surface area contributed by atoms with Crippen molar-refractivity contribution in [1.82, 2.24) is 14.7 Å². The van der Waals surface area contributed by atoms with Crippen LogP contribution in [0, 0.1) is 0 Å². The topological polar surface area (TPSA) is 68.0 Å². The van der Waals surface area contributed by atoms with Crippen molar-refractivity contribution in [1.29, 1.82) is 0 Å². The summed E-state index contributed by atoms with van der Waals surface area (Å²) >= 11 is 0. The Labute approximate surface area is 162 Å². The summed E-state index contributed by atoms with van der Waals surface area (Å²) in [6, 6.07) is -0.837. The van der Waals surface area contributed by atoms with Gasteiger partial charge in [-0.15, -0.1) is 4.68 Å². The molecule has 0 saturated heterocycles. The molecule has 12 heteroatoms. The van der Waals surface area contributed by atoms with Crippen molar-refractivity contribution in [2.24, 2.45) is 12.8 Å². The summed E-state index contributed by atoms with van der Waals surface area (Å²) in [4.78, 5) is 13.8. The predicted octanol–water partition coefficient (Wildman–Crippen LogP) is 1.99. The number of aromatic nitrogens is 3. The number of fused-ring (bicyclic) bond motifs is 1. The number of carbonyl (C=O) groups is 1. The number of aryl methyl sites for hydroxylation is 1. The van der Waals surface area contributed by atoms with Gasteiger partial charge in [-0.1, -0.05) is 0 Å². The van der Waals surface area contributed by atoms with Gasteiger partial charge in [0.15, 0.2) is 6.17 Å². The van der Waals surface area contributed by atoms with Crippen LogP contribution in [-0.2, 0) is 31.1 Å². The quantitative estimate of drug-likeness (QED) is 0.594. The van der Waals surface area contributed by atoms with Gasteiger partial charge in [-0.25, -0.2) is 17.7 Å². The highest BCUT2D eigenvalue weighted by atomic mass is 19.4. The first-order valence-corrected chi connectivity index (χ1v) is 8.92. The van der Waals surface area contributed by atoms with Gasteiger partial charge in [-0.05, 0) is 12.0 Å². The van der Waals surface area contributed by atoms with Crippen molar-refractivity contribution in [3.63, 3.8) is 0 Å². The summed E-state index contributed by atoms with van der Waals surface area (Å²) in [6.45, 7) is -0.120. The SMILES string of the molecule is Cn1nc(C(F)(F)F)[n+]2c1CN(C(=O)CC(N)CC1=C(F)C=C(F)C(F)C1)CC2. The van der Waals surface area contributed by atoms with Crippen LogP contribution in [0.2, 0.25) is 0 Å². The summed E-state index contributed by atoms with van der Waals surface area (Å²) in [5, 5.41) is 3.49. The van der Waals surface area contributed by atoms with Gasteiger partial charge in [0.25, 0.3) is 5.82 Å². The van der Waals surface area contributed by atoms with E-state index in [1.165, 1.54) is 11.9 Å². The van der Waals surface area contributed by atoms with Crippen molar-refractivity contribution in [3.05, 3.63) is 35.0 Å². The Balaban J connectivity index is 1.64. The molecule has 1 amide bonds. The van der Waals surface area contributed by atoms with E-state index >= 15 is 0 Å². The number of amides is 1. The predicted molar refractivity (Wildman–Crippen MR) is 87.9 cm³/mol. The molecule has 29 heavy (non-hydrogen) atoms. The maximum atomic E-state index is 13.8. The van der Waals surface area contributed by atoms with E-state index in [4.69, 9.17) is 5.73 Å². The Bertz CT molecular complexity index is 874. The Kier molecular flexibility index (Phi) is 5.74. The number of hydrogen-bond acceptors (Lipinski definition) is 3. The molecule has 0 fully saturated rings. The van der Waals surface area contributed by atoms with Crippen LogP contribution < -0.4 is 10.3 Å². The molecule has 0 bridgehead atoms. The summed E-state index contributed by atoms with van der Waals surface area (Å²) in [6.07, 6.45) is -6.86. The summed E-state index contributed by atoms with van der Waals surface area (Å²) in [5.74, 6) is -3.32. The smallest absolute Gasteiger partial charge is 0.329 e. The van der Waals surface area contributed by atoms with Gasteiger partial charge in [-0.3, -0.25) is 4.79 Å². The molecule has 2 heterocycles. The van der Waals surface area contributed by atoms with Crippen LogP contribution in [0.25, 0.3) is 0 Å². The zero-order chi connectivity index (χ0) is 21.5. The number of alkyl halides is 4. The molecular formula is C17H20F6N5O+. The lowest BCUT2D eigenvalue weighted by Crippen LogP contribution is -2.55. The fourth-order valence-corrected chi connectivity index (χ4v) is 3.51. The molecule has 2 N–H and O–H groups in total. The van der Waals surface area contributed by atoms with Crippen LogP contribution in [0.1, 0.15) is 30.9 Å². The monoisotopic (exact) mass is 424 g/mol. The third kappa shape index (κ3) is 4.46. The molecule has 160 valence electrons. The van der Waals surface area contributed by atoms with E-state index < -0.39 is 48.2 Å². The highest BCUT2D eigenvalue weighted by molar-refractivity contribution is 5.76. The zero-order valence-corrected chi connectivity index (χ0v) is 15.5. The number of hydrogen-bond donors (Lipinski definition) is 1. The molecule has 0 radical (unpaired) electrons. The van der Waals surface area contributed by atoms with Gasteiger partial charge in [0, 0.05) is 25.0 Å². The first kappa shape index (κ1) is 21.3. The maximum Gasteiger partial charge on any atom is 0.485 e. The Hall–Kier alpha value is -2.37. The molecule has 0 aromatic carbocycles. The molecule has 1 aromatic rings. The Morgan fingerprint density at radius 1 is 1.41 bits per heavy atom. The lowest BCUT2D eigenvalue weighted by atomic mass is 9.94. The second-order valence-corrected chi connectivity index (χ2v) is 7.15. The molecule has 6 nitrogen and oxygen atoms in total. The molecule has 0 spiro atoms. The summed E-state index contributed by atoms with van der Waals surface area (Å²) < 4.78 is 81.5. The van der Waals surface area contributed by atoms with Crippen LogP contribution >= 0.6 is 0 Å². The van der Waals surface area contributed by atoms with E-state index in [1.54, 1.807) is 0 Å². The number of rotatable bonds is 4. The largest absolute Gasteiger partial charge is 0.485 e. The number of nitrogens with two attached hydrogens (primary N) is 1. The van der Waals surface area contributed by atoms with Crippen LogP contribution in [0.4, 0.5) is 26.3 Å². The standard InChI is InChI=1S/C17H20F6N5O/c1-26-14-8-27(2-3-28(14)16(25-26)17(21,22)23)15(29)6-10(24)4-9-5-12(19)13(20)7-11(9)18/h7,10,12H,2-6,8,24H2,1H3/q+1. The van der Waals surface area contributed by atoms with E-state index in [2.05, 4.69) is 5.10 Å². The number of halogens is 6. The third-order valence-electron chi connectivity index (χ3n) is 4.99. The second kappa shape index (κ2) is 7.81. The van der Waals surface area contributed by atoms with Crippen molar-refractivity contribution >= 4 is 5.91 Å². The summed E-state index contributed by atoms with van der Waals surface area (Å²) in [7, 11) is 1.36. The van der Waals surface area contributed by atoms with Gasteiger partial charge in [-0.2, -0.15) is 13.2 Å². The third-order valence-corrected chi connectivity index (χ3v) is 4.99. The van der Waals surface area contributed by atoms with E-state index in [1.807, 2.05) is 0 Å². The van der Waals surface area contributed by atoms with Crippen molar-refractivity contribution in [2.75, 3.05) is 6.54 Å². The van der Waals surface area contributed by atoms with Crippen LogP contribution in [0.3, 0.4) is 0 Å². The highest BCUT2D eigenvalue weighted by Crippen LogP contribution is 2.31. The highest BCUT2D eigenvalue weighted by Gasteiger charge is 2.47. The molecule has 1 aromatic heterocycles. The average molecular weight is 424 g/mol. The fraction of sp³-hybridized carbons (Fsp3) is 0.588. The van der Waals surface area contributed by atoms with Gasteiger partial charge in [0.05, 0.1) is 25.2 Å². The molecule has 2 unspecified atom stereocenters. The fourth-order valence-electron chi connectivity index (χ4n) is 3.51. The van der Waals surface area contributed by atoms with Crippen LogP contribution in [-0.4, -0.2) is 39.3 Å². The number of allylic oxidation sites excluding steroid dienone is 3. The van der Waals surface area contributed by atoms with Crippen molar-refractivity contribution < 1.29 is 35.7 Å². The van der Waals surface area contributed by atoms with Crippen molar-refractivity contribution in [2.45, 2.75) is 50.7 Å². The minimum atomic E-state index is -4.61. The molecule has 0 saturated carbocycles. The Morgan fingerprint density at radius 3 is 2.76 bits per heavy atom. The molecule has 1 aliphatic carbocycles. The number of carbonyl (C=O) groups excluding carboxylic acids is 1. The number of nitrogens with zero attached hydrogens (tertiary/aromatic N) is 4. The minimum Gasteiger partial charge on any atom is -0.329 e. The lowest BCUT2D eigenvalue weighted by Gasteiger charge is -2.27. The van der Waals surface area contributed by atoms with E-state index in [9.17, 15) is 31.1 Å². The van der Waals surface area contributed by atoms with E-state index in [-0.39, 0.29) is 43.9 Å². The van der Waals surface area contributed by atoms with Gasteiger partial charge in [0.1, 0.15) is 18.2 Å². The average Bonchev–Trinajstić information content (AvgIpc) is 2.96. The van der Waals surface area contributed by atoms with Crippen LogP contribution in [0.5, 0.6) is 0 Å². The Morgan fingerprint density at radius 2 is 2.10 bits per heavy atom. The molecule has 2 aliphatic rings. The first-order valence-electron chi connectivity index (χ1n) is 8.92. The minimum absolute atomic E-state index is 0.00265. The molecular weight excluding hydrogens is 404 g/mol. The van der Waals surface area contributed by atoms with E-state index in [0.717, 1.165) is 9.25 Å². The summed E-state index contributed by atoms with van der Waals surface area (Å²) in [5.41, 5.74) is 5.88. The van der Waals surface area contributed by atoms with Crippen molar-refractivity contribution in [3.8, 4) is 0 Å². The maximum absolute atomic E-state index is 13.8. The van der Waals surface area contributed by atoms with Gasteiger partial charge in [0.2, 0.25) is 5.91 Å². The lowest BCUT2D eigenvalue weighted by molar-refractivity contribution is -0.728. The normalized spacial score (nSPS) is 21.2. The van der Waals surface area contributed by atoms with Crippen LogP contribution in [0.15, 0.2) is 23.3 Å². The molecule has 2 atom stereocenters. The zero-order valence-electron chi connectivity index (χ0n) is 15.5. The molecule has 1 aliphatic heterocycles. The first-order chi connectivity index (χ1) is 13.5. The van der Waals surface area contributed by atoms with Gasteiger partial charge >= 0.3 is 12.0 Å². The molecule has 3 rings (SSSR count). The van der Waals surface area contributed by atoms with E-state index in [0.29, 0.717) is 6.08 Å².